The van der Waals surface area contributed by atoms with Gasteiger partial charge in [-0.3, -0.25) is 13.9 Å². The summed E-state index contributed by atoms with van der Waals surface area (Å²) in [6.45, 7) is 3.98. The number of esters is 1. The summed E-state index contributed by atoms with van der Waals surface area (Å²) in [5, 5.41) is 9.94. The summed E-state index contributed by atoms with van der Waals surface area (Å²) >= 11 is 5.89. The summed E-state index contributed by atoms with van der Waals surface area (Å²) in [5.74, 6) is -0.689. The Kier molecular flexibility index (Phi) is 8.75. The molecular formula is C21H27ClFN4O8P. The Hall–Kier alpha value is -2.54. The molecule has 1 fully saturated rings. The molecule has 2 aromatic rings. The number of carbonyl (C=O) groups is 1. The highest BCUT2D eigenvalue weighted by Crippen LogP contribution is 2.48. The summed E-state index contributed by atoms with van der Waals surface area (Å²) in [6, 6.07) is 8.03. The van der Waals surface area contributed by atoms with Gasteiger partial charge in [-0.2, -0.15) is 10.1 Å². The van der Waals surface area contributed by atoms with E-state index in [0.717, 1.165) is 10.8 Å². The van der Waals surface area contributed by atoms with Crippen LogP contribution in [-0.4, -0.2) is 56.7 Å². The van der Waals surface area contributed by atoms with E-state index in [-0.39, 0.29) is 11.6 Å². The van der Waals surface area contributed by atoms with E-state index in [1.165, 1.54) is 25.1 Å². The summed E-state index contributed by atoms with van der Waals surface area (Å²) in [6.07, 6.45) is -4.62. The average molecular weight is 549 g/mol. The first-order valence-electron chi connectivity index (χ1n) is 10.9. The second-order valence-electron chi connectivity index (χ2n) is 8.22. The summed E-state index contributed by atoms with van der Waals surface area (Å²) in [7, 11) is -4.33. The number of anilines is 1. The van der Waals surface area contributed by atoms with Gasteiger partial charge < -0.3 is 24.8 Å². The molecule has 0 aliphatic carbocycles. The zero-order chi connectivity index (χ0) is 26.7. The number of ether oxygens (including phenoxy) is 2. The maximum absolute atomic E-state index is 15.2. The third-order valence-corrected chi connectivity index (χ3v) is 6.97. The highest BCUT2D eigenvalue weighted by Gasteiger charge is 2.58. The summed E-state index contributed by atoms with van der Waals surface area (Å²) in [5.41, 5.74) is 4.48. The molecule has 0 saturated carbocycles. The molecule has 0 bridgehead atoms. The molecule has 2 heterocycles. The average Bonchev–Trinajstić information content (AvgIpc) is 3.01. The maximum atomic E-state index is 15.2. The number of benzene rings is 1. The van der Waals surface area contributed by atoms with Gasteiger partial charge in [0.05, 0.1) is 12.7 Å². The zero-order valence-electron chi connectivity index (χ0n) is 19.6. The molecule has 3 rings (SSSR count). The smallest absolute Gasteiger partial charge is 0.459 e. The van der Waals surface area contributed by atoms with Crippen LogP contribution in [0, 0.1) is 0 Å². The number of aliphatic hydroxyl groups is 1. The molecule has 1 aliphatic heterocycles. The number of para-hydroxylation sites is 1. The molecule has 4 N–H and O–H groups in total. The molecule has 1 aromatic heterocycles. The van der Waals surface area contributed by atoms with Crippen molar-refractivity contribution in [2.24, 2.45) is 0 Å². The van der Waals surface area contributed by atoms with Gasteiger partial charge >= 0.3 is 19.4 Å². The Balaban J connectivity index is 1.79. The fraction of sp³-hybridized carbons (Fsp3) is 0.476. The first kappa shape index (κ1) is 28.0. The van der Waals surface area contributed by atoms with Gasteiger partial charge in [0.15, 0.2) is 6.23 Å². The van der Waals surface area contributed by atoms with Crippen molar-refractivity contribution < 1.29 is 37.4 Å². The Bertz CT molecular complexity index is 1170. The van der Waals surface area contributed by atoms with Crippen molar-refractivity contribution in [3.8, 4) is 5.75 Å². The van der Waals surface area contributed by atoms with Crippen LogP contribution in [0.15, 0.2) is 47.4 Å². The molecular weight excluding hydrogens is 522 g/mol. The standard InChI is InChI=1S/C21H27ClFN4O8P/c1-12(2)33-18(29)13(3)26-36(31,35-14-7-5-4-6-8-14)32-11-15-17(28)21(22,23)19(34-15)27-10-9-16(24)25-20(27)30/h4-10,12-13,15,17,19,28H,11H2,1-3H3,(H,26,31)(H2,24,25,30)/t13-,15-,17-,19-,21-,36+/m1/s1. The van der Waals surface area contributed by atoms with Crippen LogP contribution in [-0.2, 0) is 23.4 Å². The number of aromatic nitrogens is 2. The maximum Gasteiger partial charge on any atom is 0.459 e. The van der Waals surface area contributed by atoms with Gasteiger partial charge in [0, 0.05) is 6.20 Å². The summed E-state index contributed by atoms with van der Waals surface area (Å²) < 4.78 is 51.0. The number of nitrogen functional groups attached to an aromatic ring is 1. The van der Waals surface area contributed by atoms with Crippen LogP contribution < -0.4 is 21.0 Å². The first-order valence-corrected chi connectivity index (χ1v) is 12.8. The van der Waals surface area contributed by atoms with Crippen molar-refractivity contribution >= 4 is 31.1 Å². The fourth-order valence-corrected chi connectivity index (χ4v) is 5.02. The number of hydrogen-bond acceptors (Lipinski definition) is 10. The normalized spacial score (nSPS) is 26.4. The van der Waals surface area contributed by atoms with Crippen molar-refractivity contribution in [2.75, 3.05) is 12.3 Å². The molecule has 0 radical (unpaired) electrons. The Morgan fingerprint density at radius 2 is 2.03 bits per heavy atom. The molecule has 1 saturated heterocycles. The lowest BCUT2D eigenvalue weighted by Crippen LogP contribution is -2.41. The van der Waals surface area contributed by atoms with E-state index in [4.69, 9.17) is 35.9 Å². The van der Waals surface area contributed by atoms with Gasteiger partial charge in [-0.15, -0.1) is 0 Å². The topological polar surface area (TPSA) is 164 Å². The minimum absolute atomic E-state index is 0.108. The number of hydrogen-bond donors (Lipinski definition) is 3. The fourth-order valence-electron chi connectivity index (χ4n) is 3.22. The number of carbonyl (C=O) groups excluding carboxylic acids is 1. The third-order valence-electron chi connectivity index (χ3n) is 4.92. The van der Waals surface area contributed by atoms with Gasteiger partial charge in [0.2, 0.25) is 0 Å². The number of rotatable bonds is 10. The minimum atomic E-state index is -4.33. The molecule has 0 amide bonds. The second-order valence-corrected chi connectivity index (χ2v) is 10.5. The van der Waals surface area contributed by atoms with Crippen molar-refractivity contribution in [1.82, 2.24) is 14.6 Å². The Morgan fingerprint density at radius 1 is 1.36 bits per heavy atom. The predicted molar refractivity (Wildman–Crippen MR) is 127 cm³/mol. The van der Waals surface area contributed by atoms with E-state index in [2.05, 4.69) is 10.1 Å². The molecule has 0 unspecified atom stereocenters. The molecule has 198 valence electrons. The number of nitrogens with two attached hydrogens (primary N) is 1. The third kappa shape index (κ3) is 6.61. The lowest BCUT2D eigenvalue weighted by atomic mass is 10.1. The number of nitrogens with zero attached hydrogens (tertiary/aromatic N) is 2. The SMILES string of the molecule is CC(C)OC(=O)[C@@H](C)N[P@](=O)(OC[C@H]1O[C@@H](n2ccc(N)nc2=O)[C@@](F)(Cl)[C@@H]1O)Oc1ccccc1. The zero-order valence-corrected chi connectivity index (χ0v) is 21.3. The Labute approximate surface area is 211 Å². The number of aliphatic hydroxyl groups excluding tert-OH is 1. The number of alkyl halides is 2. The lowest BCUT2D eigenvalue weighted by molar-refractivity contribution is -0.149. The quantitative estimate of drug-likeness (QED) is 0.226. The highest BCUT2D eigenvalue weighted by atomic mass is 35.5. The largest absolute Gasteiger partial charge is 0.462 e. The van der Waals surface area contributed by atoms with E-state index >= 15 is 4.39 Å². The van der Waals surface area contributed by atoms with Crippen molar-refractivity contribution in [3.63, 3.8) is 0 Å². The van der Waals surface area contributed by atoms with Crippen molar-refractivity contribution in [3.05, 3.63) is 53.1 Å². The first-order chi connectivity index (χ1) is 16.8. The molecule has 1 aromatic carbocycles. The lowest BCUT2D eigenvalue weighted by Gasteiger charge is -2.25. The van der Waals surface area contributed by atoms with E-state index in [1.54, 1.807) is 32.0 Å². The second kappa shape index (κ2) is 11.2. The Morgan fingerprint density at radius 3 is 2.64 bits per heavy atom. The van der Waals surface area contributed by atoms with Crippen LogP contribution in [0.1, 0.15) is 27.0 Å². The van der Waals surface area contributed by atoms with Crippen LogP contribution in [0.25, 0.3) is 0 Å². The summed E-state index contributed by atoms with van der Waals surface area (Å²) in [4.78, 5) is 27.9. The van der Waals surface area contributed by atoms with Gasteiger partial charge in [-0.1, -0.05) is 29.8 Å². The van der Waals surface area contributed by atoms with Gasteiger partial charge in [-0.05, 0) is 39.0 Å². The molecule has 36 heavy (non-hydrogen) atoms. The number of halogens is 2. The molecule has 6 atom stereocenters. The van der Waals surface area contributed by atoms with Gasteiger partial charge in [0.25, 0.3) is 5.13 Å². The van der Waals surface area contributed by atoms with E-state index in [1.807, 2.05) is 0 Å². The van der Waals surface area contributed by atoms with Crippen molar-refractivity contribution in [2.45, 2.75) is 56.5 Å². The molecule has 12 nitrogen and oxygen atoms in total. The van der Waals surface area contributed by atoms with Crippen LogP contribution in [0.4, 0.5) is 10.2 Å². The number of nitrogens with one attached hydrogen (secondary N) is 1. The van der Waals surface area contributed by atoms with Crippen LogP contribution in [0.3, 0.4) is 0 Å². The highest BCUT2D eigenvalue weighted by molar-refractivity contribution is 7.52. The van der Waals surface area contributed by atoms with Gasteiger partial charge in [0.1, 0.15) is 29.8 Å². The molecule has 1 aliphatic rings. The van der Waals surface area contributed by atoms with Gasteiger partial charge in [-0.25, -0.2) is 13.8 Å². The van der Waals surface area contributed by atoms with Crippen LogP contribution in [0.2, 0.25) is 0 Å². The predicted octanol–water partition coefficient (Wildman–Crippen LogP) is 2.12. The van der Waals surface area contributed by atoms with E-state index in [0.29, 0.717) is 0 Å². The minimum Gasteiger partial charge on any atom is -0.462 e. The van der Waals surface area contributed by atoms with E-state index < -0.39 is 61.7 Å². The van der Waals surface area contributed by atoms with Crippen molar-refractivity contribution in [1.29, 1.82) is 0 Å². The van der Waals surface area contributed by atoms with E-state index in [9.17, 15) is 19.3 Å². The monoisotopic (exact) mass is 548 g/mol. The van der Waals surface area contributed by atoms with Crippen LogP contribution in [0.5, 0.6) is 5.75 Å². The molecule has 0 spiro atoms. The molecule has 15 heteroatoms. The van der Waals surface area contributed by atoms with Crippen LogP contribution >= 0.6 is 19.3 Å².